The number of allylic oxidation sites excluding steroid dienone is 5. The van der Waals surface area contributed by atoms with Crippen molar-refractivity contribution in [1.29, 1.82) is 0 Å². The maximum Gasteiger partial charge on any atom is 0.364 e. The lowest BCUT2D eigenvalue weighted by atomic mass is 9.88. The Morgan fingerprint density at radius 1 is 0.609 bits per heavy atom. The van der Waals surface area contributed by atoms with Crippen molar-refractivity contribution in [2.45, 2.75) is 323 Å². The van der Waals surface area contributed by atoms with E-state index in [1.165, 1.54) is 103 Å². The largest absolute Gasteiger partial charge is 0.477 e. The van der Waals surface area contributed by atoms with Gasteiger partial charge in [0, 0.05) is 19.8 Å². The van der Waals surface area contributed by atoms with E-state index < -0.39 is 155 Å². The second-order valence-corrected chi connectivity index (χ2v) is 24.0. The van der Waals surface area contributed by atoms with Gasteiger partial charge in [0.25, 0.3) is 5.79 Å². The number of nitrogens with one attached hydrogen (secondary N) is 2. The number of aliphatic hydroxyl groups excluding tert-OH is 11. The molecule has 3 rings (SSSR count). The van der Waals surface area contributed by atoms with E-state index in [9.17, 15) is 75.7 Å². The van der Waals surface area contributed by atoms with Crippen molar-refractivity contribution in [2.24, 2.45) is 0 Å². The molecule has 0 aromatic rings. The number of carboxylic acid groups (broad SMARTS) is 1. The molecule has 3 fully saturated rings. The van der Waals surface area contributed by atoms with E-state index in [-0.39, 0.29) is 12.3 Å². The van der Waals surface area contributed by atoms with E-state index in [0.29, 0.717) is 12.8 Å². The Kier molecular flexibility index (Phi) is 40.7. The summed E-state index contributed by atoms with van der Waals surface area (Å²) in [6.07, 6.45) is 14.8. The summed E-state index contributed by atoms with van der Waals surface area (Å²) >= 11 is 0. The van der Waals surface area contributed by atoms with E-state index in [2.05, 4.69) is 48.8 Å². The highest BCUT2D eigenvalue weighted by molar-refractivity contribution is 5.77. The van der Waals surface area contributed by atoms with Gasteiger partial charge in [0.1, 0.15) is 67.1 Å². The number of ether oxygens (including phenoxy) is 6. The molecular weight excluding hydrogens is 1130 g/mol. The molecule has 3 saturated heterocycles. The summed E-state index contributed by atoms with van der Waals surface area (Å²) in [5, 5.41) is 136. The van der Waals surface area contributed by atoms with Gasteiger partial charge in [-0.15, -0.1) is 0 Å². The molecule has 14 N–H and O–H groups in total. The molecule has 0 aliphatic carbocycles. The summed E-state index contributed by atoms with van der Waals surface area (Å²) in [5.74, 6) is -6.16. The molecule has 3 heterocycles. The molecule has 0 aromatic heterocycles. The molecule has 3 aliphatic heterocycles. The number of carboxylic acids is 1. The van der Waals surface area contributed by atoms with Crippen LogP contribution in [-0.2, 0) is 42.8 Å². The van der Waals surface area contributed by atoms with Gasteiger partial charge in [-0.05, 0) is 44.9 Å². The van der Waals surface area contributed by atoms with Gasteiger partial charge in [-0.1, -0.05) is 185 Å². The predicted molar refractivity (Wildman–Crippen MR) is 324 cm³/mol. The lowest BCUT2D eigenvalue weighted by molar-refractivity contribution is -0.386. The minimum absolute atomic E-state index is 0.186. The van der Waals surface area contributed by atoms with Crippen LogP contribution in [0.4, 0.5) is 0 Å². The summed E-state index contributed by atoms with van der Waals surface area (Å²) in [4.78, 5) is 38.5. The average molecular weight is 1250 g/mol. The third kappa shape index (κ3) is 28.6. The second-order valence-electron chi connectivity index (χ2n) is 24.0. The standard InChI is InChI=1S/C64H114N2O21/c1-4-6-8-10-12-14-16-18-20-21-22-24-25-27-29-31-33-35-37-46(71)45(66-51(74)38-36-34-32-30-28-26-23-19-17-15-13-11-9-7-5-2)43-82-61-56(78)55(77)58(50(42-69)84-61)85-62-57(79)60(54(76)49(41-68)83-62)87-64(63(80)81)39-47(72)52(65-44(3)70)59(86-64)53(75)48(73)40-67/h13,15,17,19,35,37,45-50,52-62,67-69,71-73,75-79H,4-12,14,16,18,20-34,36,38-43H2,1-3H3,(H,65,70)(H,66,74)(H,80,81)/b15-13-,19-17-,37-35+. The van der Waals surface area contributed by atoms with Crippen molar-refractivity contribution in [2.75, 3.05) is 26.4 Å². The zero-order valence-corrected chi connectivity index (χ0v) is 52.4. The fraction of sp³-hybridized carbons (Fsp3) is 0.859. The minimum atomic E-state index is -3.08. The van der Waals surface area contributed by atoms with Crippen LogP contribution >= 0.6 is 0 Å². The fourth-order valence-electron chi connectivity index (χ4n) is 11.3. The Hall–Kier alpha value is -3.05. The number of carbonyl (C=O) groups is 3. The van der Waals surface area contributed by atoms with Crippen molar-refractivity contribution < 1.29 is 104 Å². The monoisotopic (exact) mass is 1250 g/mol. The summed E-state index contributed by atoms with van der Waals surface area (Å²) in [5.41, 5.74) is 0. The highest BCUT2D eigenvalue weighted by atomic mass is 16.8. The van der Waals surface area contributed by atoms with Crippen LogP contribution in [-0.4, -0.2) is 215 Å². The first kappa shape index (κ1) is 78.2. The predicted octanol–water partition coefficient (Wildman–Crippen LogP) is 4.67. The highest BCUT2D eigenvalue weighted by Crippen LogP contribution is 2.38. The van der Waals surface area contributed by atoms with Gasteiger partial charge in [0.2, 0.25) is 11.8 Å². The van der Waals surface area contributed by atoms with E-state index >= 15 is 0 Å². The molecule has 506 valence electrons. The van der Waals surface area contributed by atoms with E-state index in [1.807, 2.05) is 6.08 Å². The number of hydrogen-bond donors (Lipinski definition) is 14. The molecule has 0 aromatic carbocycles. The van der Waals surface area contributed by atoms with E-state index in [0.717, 1.165) is 71.1 Å². The maximum atomic E-state index is 13.4. The lowest BCUT2D eigenvalue weighted by Gasteiger charge is -2.50. The number of unbranched alkanes of at least 4 members (excludes halogenated alkanes) is 25. The topological polar surface area (TPSA) is 373 Å². The number of amides is 2. The molecule has 87 heavy (non-hydrogen) atoms. The summed E-state index contributed by atoms with van der Waals surface area (Å²) in [6, 6.07) is -2.63. The van der Waals surface area contributed by atoms with Crippen molar-refractivity contribution in [3.63, 3.8) is 0 Å². The molecule has 23 heteroatoms. The molecule has 2 amide bonds. The van der Waals surface area contributed by atoms with Gasteiger partial charge in [0.05, 0.1) is 50.7 Å². The zero-order chi connectivity index (χ0) is 64.0. The number of aliphatic hydroxyl groups is 11. The SMILES string of the molecule is CCCCC/C=C\C=C/CCCCCCCCC(=O)NC(COC1OC(CO)C(OC2OC(CO)C(O)C(OC3(C(=O)O)CC(O)C(NC(C)=O)C(C(O)C(O)CO)O3)C2O)C(O)C1O)C(O)/C=C/CCCCCCCCCCCCCCCCCC. The summed E-state index contributed by atoms with van der Waals surface area (Å²) in [7, 11) is 0. The van der Waals surface area contributed by atoms with Crippen LogP contribution in [0.2, 0.25) is 0 Å². The van der Waals surface area contributed by atoms with Crippen LogP contribution in [0.25, 0.3) is 0 Å². The molecule has 0 spiro atoms. The van der Waals surface area contributed by atoms with Gasteiger partial charge in [-0.25, -0.2) is 4.79 Å². The Morgan fingerprint density at radius 2 is 1.10 bits per heavy atom. The minimum Gasteiger partial charge on any atom is -0.477 e. The third-order valence-electron chi connectivity index (χ3n) is 16.6. The normalized spacial score (nSPS) is 29.4. The first-order chi connectivity index (χ1) is 41.9. The van der Waals surface area contributed by atoms with Crippen LogP contribution in [0.15, 0.2) is 36.5 Å². The van der Waals surface area contributed by atoms with Crippen LogP contribution in [0, 0.1) is 0 Å². The smallest absolute Gasteiger partial charge is 0.364 e. The van der Waals surface area contributed by atoms with Crippen LogP contribution in [0.3, 0.4) is 0 Å². The van der Waals surface area contributed by atoms with Crippen molar-refractivity contribution in [3.05, 3.63) is 36.5 Å². The quantitative estimate of drug-likeness (QED) is 0.0224. The third-order valence-corrected chi connectivity index (χ3v) is 16.6. The molecule has 18 atom stereocenters. The van der Waals surface area contributed by atoms with E-state index in [1.54, 1.807) is 6.08 Å². The molecular formula is C64H114N2O21. The molecule has 23 nitrogen and oxygen atoms in total. The maximum absolute atomic E-state index is 13.4. The molecule has 3 aliphatic rings. The first-order valence-electron chi connectivity index (χ1n) is 32.9. The number of rotatable bonds is 48. The van der Waals surface area contributed by atoms with Gasteiger partial charge in [-0.2, -0.15) is 0 Å². The lowest BCUT2D eigenvalue weighted by Crippen LogP contribution is -2.70. The number of hydrogen-bond acceptors (Lipinski definition) is 20. The van der Waals surface area contributed by atoms with Crippen molar-refractivity contribution in [1.82, 2.24) is 10.6 Å². The second kappa shape index (κ2) is 45.3. The number of carbonyl (C=O) groups excluding carboxylic acids is 2. The molecule has 18 unspecified atom stereocenters. The number of aliphatic carboxylic acids is 1. The molecule has 0 bridgehead atoms. The van der Waals surface area contributed by atoms with Gasteiger partial charge in [-0.3, -0.25) is 9.59 Å². The average Bonchev–Trinajstić information content (AvgIpc) is 1.02. The summed E-state index contributed by atoms with van der Waals surface area (Å²) in [6.45, 7) is 2.08. The van der Waals surface area contributed by atoms with Crippen LogP contribution < -0.4 is 10.6 Å². The summed E-state index contributed by atoms with van der Waals surface area (Å²) < 4.78 is 34.7. The van der Waals surface area contributed by atoms with Crippen molar-refractivity contribution >= 4 is 17.8 Å². The first-order valence-corrected chi connectivity index (χ1v) is 32.9. The highest BCUT2D eigenvalue weighted by Gasteiger charge is 2.60. The Balaban J connectivity index is 1.64. The van der Waals surface area contributed by atoms with Gasteiger partial charge < -0.3 is 100 Å². The van der Waals surface area contributed by atoms with E-state index in [4.69, 9.17) is 28.4 Å². The van der Waals surface area contributed by atoms with Gasteiger partial charge in [0.15, 0.2) is 12.6 Å². The fourth-order valence-corrected chi connectivity index (χ4v) is 11.3. The molecule has 0 radical (unpaired) electrons. The van der Waals surface area contributed by atoms with Gasteiger partial charge >= 0.3 is 5.97 Å². The Labute approximate surface area is 516 Å². The van der Waals surface area contributed by atoms with Crippen LogP contribution in [0.1, 0.15) is 213 Å². The van der Waals surface area contributed by atoms with Crippen molar-refractivity contribution in [3.8, 4) is 0 Å². The Morgan fingerprint density at radius 3 is 1.62 bits per heavy atom. The molecule has 0 saturated carbocycles. The van der Waals surface area contributed by atoms with Crippen LogP contribution in [0.5, 0.6) is 0 Å². The Bertz CT molecular complexity index is 1920. The zero-order valence-electron chi connectivity index (χ0n) is 52.4.